The minimum atomic E-state index is -3.62. The number of nitrogens with zero attached hydrogens (tertiary/aromatic N) is 1. The highest BCUT2D eigenvalue weighted by Gasteiger charge is 2.19. The van der Waals surface area contributed by atoms with Crippen molar-refractivity contribution >= 4 is 21.6 Å². The van der Waals surface area contributed by atoms with Gasteiger partial charge >= 0.3 is 0 Å². The summed E-state index contributed by atoms with van der Waals surface area (Å²) in [6.07, 6.45) is 0. The second-order valence-corrected chi connectivity index (χ2v) is 7.45. The van der Waals surface area contributed by atoms with Crippen molar-refractivity contribution in [3.63, 3.8) is 0 Å². The summed E-state index contributed by atoms with van der Waals surface area (Å²) in [5.74, 6) is 0.487. The van der Waals surface area contributed by atoms with Crippen LogP contribution < -0.4 is 14.8 Å². The molecule has 134 valence electrons. The number of methoxy groups -OCH3 is 1. The number of rotatable bonds is 7. The minimum Gasteiger partial charge on any atom is -0.495 e. The molecule has 0 aliphatic heterocycles. The zero-order valence-electron chi connectivity index (χ0n) is 14.2. The Morgan fingerprint density at radius 1 is 1.12 bits per heavy atom. The molecular formula is C17H20N2O5S. The maximum absolute atomic E-state index is 12.2. The number of ether oxygens (including phenoxy) is 2. The summed E-state index contributed by atoms with van der Waals surface area (Å²) >= 11 is 0. The number of benzene rings is 2. The van der Waals surface area contributed by atoms with Gasteiger partial charge in [0.15, 0.2) is 6.61 Å². The van der Waals surface area contributed by atoms with Crippen LogP contribution in [0.3, 0.4) is 0 Å². The Bertz CT molecular complexity index is 835. The van der Waals surface area contributed by atoms with Crippen molar-refractivity contribution in [2.24, 2.45) is 0 Å². The highest BCUT2D eigenvalue weighted by molar-refractivity contribution is 7.89. The van der Waals surface area contributed by atoms with Crippen molar-refractivity contribution in [2.45, 2.75) is 4.90 Å². The van der Waals surface area contributed by atoms with E-state index in [2.05, 4.69) is 5.32 Å². The third-order valence-corrected chi connectivity index (χ3v) is 5.15. The van der Waals surface area contributed by atoms with E-state index in [1.165, 1.54) is 39.4 Å². The molecule has 7 nitrogen and oxygen atoms in total. The zero-order chi connectivity index (χ0) is 18.4. The van der Waals surface area contributed by atoms with Gasteiger partial charge in [-0.1, -0.05) is 18.2 Å². The molecule has 8 heteroatoms. The molecule has 25 heavy (non-hydrogen) atoms. The molecule has 0 fully saturated rings. The Balaban J connectivity index is 2.15. The normalized spacial score (nSPS) is 11.2. The third kappa shape index (κ3) is 4.71. The molecule has 0 atom stereocenters. The molecule has 0 spiro atoms. The monoisotopic (exact) mass is 364 g/mol. The first-order chi connectivity index (χ1) is 11.8. The summed E-state index contributed by atoms with van der Waals surface area (Å²) in [6.45, 7) is -0.210. The van der Waals surface area contributed by atoms with Gasteiger partial charge in [-0.25, -0.2) is 12.7 Å². The number of hydrogen-bond donors (Lipinski definition) is 1. The predicted octanol–water partition coefficient (Wildman–Crippen LogP) is 1.96. The molecule has 0 saturated carbocycles. The summed E-state index contributed by atoms with van der Waals surface area (Å²) in [5.41, 5.74) is 0.257. The van der Waals surface area contributed by atoms with E-state index >= 15 is 0 Å². The Morgan fingerprint density at radius 3 is 2.40 bits per heavy atom. The number of para-hydroxylation sites is 1. The van der Waals surface area contributed by atoms with Crippen LogP contribution in [0.1, 0.15) is 0 Å². The molecule has 0 heterocycles. The lowest BCUT2D eigenvalue weighted by atomic mass is 10.3. The van der Waals surface area contributed by atoms with Crippen LogP contribution in [-0.2, 0) is 14.8 Å². The summed E-state index contributed by atoms with van der Waals surface area (Å²) in [7, 11) is 0.688. The van der Waals surface area contributed by atoms with E-state index in [-0.39, 0.29) is 17.2 Å². The van der Waals surface area contributed by atoms with Crippen LogP contribution >= 0.6 is 0 Å². The first-order valence-corrected chi connectivity index (χ1v) is 8.87. The quantitative estimate of drug-likeness (QED) is 0.812. The van der Waals surface area contributed by atoms with Crippen LogP contribution in [0.4, 0.5) is 5.69 Å². The number of carbonyl (C=O) groups is 1. The van der Waals surface area contributed by atoms with E-state index in [4.69, 9.17) is 9.47 Å². The molecule has 0 aliphatic rings. The van der Waals surface area contributed by atoms with Crippen molar-refractivity contribution in [2.75, 3.05) is 33.1 Å². The van der Waals surface area contributed by atoms with Crippen molar-refractivity contribution in [1.82, 2.24) is 4.31 Å². The number of amides is 1. The lowest BCUT2D eigenvalue weighted by molar-refractivity contribution is -0.118. The van der Waals surface area contributed by atoms with Gasteiger partial charge < -0.3 is 14.8 Å². The average molecular weight is 364 g/mol. The average Bonchev–Trinajstić information content (AvgIpc) is 2.60. The topological polar surface area (TPSA) is 84.9 Å². The van der Waals surface area contributed by atoms with Crippen LogP contribution in [-0.4, -0.2) is 46.4 Å². The molecule has 2 aromatic rings. The summed E-state index contributed by atoms with van der Waals surface area (Å²) in [4.78, 5) is 12.2. The van der Waals surface area contributed by atoms with Crippen LogP contribution in [0.25, 0.3) is 0 Å². The second-order valence-electron chi connectivity index (χ2n) is 5.30. The highest BCUT2D eigenvalue weighted by atomic mass is 32.2. The lowest BCUT2D eigenvalue weighted by Gasteiger charge is -2.15. The standard InChI is InChI=1S/C17H20N2O5S/c1-19(2)25(21,22)14-9-10-16(23-3)15(11-14)18-17(20)12-24-13-7-5-4-6-8-13/h4-11H,12H2,1-3H3,(H,18,20). The van der Waals surface area contributed by atoms with Crippen LogP contribution in [0.15, 0.2) is 53.4 Å². The van der Waals surface area contributed by atoms with Gasteiger partial charge in [-0.2, -0.15) is 0 Å². The fraction of sp³-hybridized carbons (Fsp3) is 0.235. The van der Waals surface area contributed by atoms with E-state index in [9.17, 15) is 13.2 Å². The second kappa shape index (κ2) is 8.00. The van der Waals surface area contributed by atoms with Gasteiger partial charge in [0.2, 0.25) is 10.0 Å². The molecular weight excluding hydrogens is 344 g/mol. The van der Waals surface area contributed by atoms with Gasteiger partial charge in [-0.3, -0.25) is 4.79 Å². The Hall–Kier alpha value is -2.58. The Labute approximate surface area is 147 Å². The fourth-order valence-electron chi connectivity index (χ4n) is 2.01. The van der Waals surface area contributed by atoms with Gasteiger partial charge in [0.05, 0.1) is 17.7 Å². The summed E-state index contributed by atoms with van der Waals surface area (Å²) < 4.78 is 36.1. The van der Waals surface area contributed by atoms with E-state index < -0.39 is 15.9 Å². The number of hydrogen-bond acceptors (Lipinski definition) is 5. The van der Waals surface area contributed by atoms with Gasteiger partial charge in [-0.15, -0.1) is 0 Å². The van der Waals surface area contributed by atoms with E-state index in [0.29, 0.717) is 11.5 Å². The fourth-order valence-corrected chi connectivity index (χ4v) is 2.94. The maximum atomic E-state index is 12.2. The Morgan fingerprint density at radius 2 is 1.80 bits per heavy atom. The van der Waals surface area contributed by atoms with Gasteiger partial charge in [0.25, 0.3) is 5.91 Å². The first kappa shape index (κ1) is 18.8. The third-order valence-electron chi connectivity index (χ3n) is 3.34. The molecule has 0 aromatic heterocycles. The van der Waals surface area contributed by atoms with E-state index in [0.717, 1.165) is 4.31 Å². The maximum Gasteiger partial charge on any atom is 0.262 e. The number of anilines is 1. The lowest BCUT2D eigenvalue weighted by Crippen LogP contribution is -2.23. The molecule has 2 aromatic carbocycles. The molecule has 1 N–H and O–H groups in total. The van der Waals surface area contributed by atoms with Gasteiger partial charge in [0.1, 0.15) is 11.5 Å². The van der Waals surface area contributed by atoms with Crippen molar-refractivity contribution in [3.8, 4) is 11.5 Å². The van der Waals surface area contributed by atoms with E-state index in [1.54, 1.807) is 24.3 Å². The summed E-state index contributed by atoms with van der Waals surface area (Å²) in [6, 6.07) is 13.2. The number of carbonyl (C=O) groups excluding carboxylic acids is 1. The van der Waals surface area contributed by atoms with Crippen LogP contribution in [0, 0.1) is 0 Å². The molecule has 2 rings (SSSR count). The smallest absolute Gasteiger partial charge is 0.262 e. The molecule has 0 unspecified atom stereocenters. The predicted molar refractivity (Wildman–Crippen MR) is 94.4 cm³/mol. The molecule has 0 saturated heterocycles. The SMILES string of the molecule is COc1ccc(S(=O)(=O)N(C)C)cc1NC(=O)COc1ccccc1. The largest absolute Gasteiger partial charge is 0.495 e. The highest BCUT2D eigenvalue weighted by Crippen LogP contribution is 2.28. The van der Waals surface area contributed by atoms with E-state index in [1.807, 2.05) is 6.07 Å². The zero-order valence-corrected chi connectivity index (χ0v) is 15.0. The minimum absolute atomic E-state index is 0.0533. The first-order valence-electron chi connectivity index (χ1n) is 7.43. The van der Waals surface area contributed by atoms with Gasteiger partial charge in [0, 0.05) is 14.1 Å². The Kier molecular flexibility index (Phi) is 6.00. The molecule has 0 bridgehead atoms. The van der Waals surface area contributed by atoms with Crippen LogP contribution in [0.2, 0.25) is 0 Å². The van der Waals surface area contributed by atoms with Crippen molar-refractivity contribution in [3.05, 3.63) is 48.5 Å². The van der Waals surface area contributed by atoms with Crippen molar-refractivity contribution in [1.29, 1.82) is 0 Å². The molecule has 1 amide bonds. The summed E-state index contributed by atoms with van der Waals surface area (Å²) in [5, 5.41) is 2.61. The van der Waals surface area contributed by atoms with Crippen molar-refractivity contribution < 1.29 is 22.7 Å². The molecule has 0 aliphatic carbocycles. The van der Waals surface area contributed by atoms with Crippen LogP contribution in [0.5, 0.6) is 11.5 Å². The number of sulfonamides is 1. The molecule has 0 radical (unpaired) electrons. The number of nitrogens with one attached hydrogen (secondary N) is 1. The van der Waals surface area contributed by atoms with Gasteiger partial charge in [-0.05, 0) is 30.3 Å².